The van der Waals surface area contributed by atoms with Crippen molar-refractivity contribution in [1.29, 1.82) is 0 Å². The van der Waals surface area contributed by atoms with Crippen molar-refractivity contribution in [2.24, 2.45) is 0 Å². The zero-order valence-electron chi connectivity index (χ0n) is 17.2. The number of nitrogens with one attached hydrogen (secondary N) is 1. The number of benzene rings is 2. The Hall–Kier alpha value is -3.68. The minimum absolute atomic E-state index is 0.0340. The third-order valence-electron chi connectivity index (χ3n) is 4.50. The predicted octanol–water partition coefficient (Wildman–Crippen LogP) is 3.69. The molecule has 1 aromatic heterocycles. The second kappa shape index (κ2) is 9.69. The van der Waals surface area contributed by atoms with Crippen LogP contribution in [0.4, 0.5) is 5.69 Å². The van der Waals surface area contributed by atoms with Crippen LogP contribution in [0.15, 0.2) is 53.1 Å². The fourth-order valence-corrected chi connectivity index (χ4v) is 2.91. The van der Waals surface area contributed by atoms with Gasteiger partial charge in [-0.3, -0.25) is 9.59 Å². The highest BCUT2D eigenvalue weighted by Gasteiger charge is 2.15. The second-order valence-corrected chi connectivity index (χ2v) is 6.52. The van der Waals surface area contributed by atoms with E-state index in [1.165, 1.54) is 0 Å². The van der Waals surface area contributed by atoms with Crippen molar-refractivity contribution >= 4 is 17.5 Å². The van der Waals surface area contributed by atoms with Gasteiger partial charge in [-0.1, -0.05) is 17.3 Å². The van der Waals surface area contributed by atoms with Gasteiger partial charge in [0.1, 0.15) is 5.75 Å². The number of aryl methyl sites for hydroxylation is 1. The largest absolute Gasteiger partial charge is 0.485 e. The molecule has 3 rings (SSSR count). The molecule has 0 saturated carbocycles. The Bertz CT molecular complexity index is 1010. The first-order valence-corrected chi connectivity index (χ1v) is 9.73. The molecule has 30 heavy (non-hydrogen) atoms. The Morgan fingerprint density at radius 2 is 1.77 bits per heavy atom. The van der Waals surface area contributed by atoms with Crippen LogP contribution in [0.5, 0.6) is 5.75 Å². The van der Waals surface area contributed by atoms with Crippen molar-refractivity contribution in [3.8, 4) is 5.75 Å². The molecule has 156 valence electrons. The lowest BCUT2D eigenvalue weighted by atomic mass is 10.1. The fourth-order valence-electron chi connectivity index (χ4n) is 2.91. The van der Waals surface area contributed by atoms with Gasteiger partial charge in [0.2, 0.25) is 11.7 Å². The van der Waals surface area contributed by atoms with Crippen molar-refractivity contribution in [2.45, 2.75) is 27.4 Å². The molecule has 0 fully saturated rings. The molecule has 0 aliphatic carbocycles. The molecule has 3 aromatic rings. The highest BCUT2D eigenvalue weighted by molar-refractivity contribution is 6.06. The second-order valence-electron chi connectivity index (χ2n) is 6.52. The summed E-state index contributed by atoms with van der Waals surface area (Å²) in [6, 6.07) is 13.7. The number of carbonyl (C=O) groups excluding carboxylic acids is 2. The lowest BCUT2D eigenvalue weighted by Crippen LogP contribution is -2.30. The number of hydrogen-bond donors (Lipinski definition) is 1. The Morgan fingerprint density at radius 3 is 2.40 bits per heavy atom. The molecule has 0 radical (unpaired) electrons. The molecular formula is C22H24N4O4. The number of aromatic nitrogens is 2. The summed E-state index contributed by atoms with van der Waals surface area (Å²) in [6.45, 7) is 6.95. The van der Waals surface area contributed by atoms with Gasteiger partial charge >= 0.3 is 0 Å². The van der Waals surface area contributed by atoms with Crippen molar-refractivity contribution in [3.63, 3.8) is 0 Å². The van der Waals surface area contributed by atoms with Crippen molar-refractivity contribution in [2.75, 3.05) is 18.4 Å². The average molecular weight is 408 g/mol. The van der Waals surface area contributed by atoms with Gasteiger partial charge < -0.3 is 19.5 Å². The van der Waals surface area contributed by atoms with Gasteiger partial charge in [0, 0.05) is 31.3 Å². The van der Waals surface area contributed by atoms with Crippen molar-refractivity contribution < 1.29 is 18.8 Å². The quantitative estimate of drug-likeness (QED) is 0.610. The summed E-state index contributed by atoms with van der Waals surface area (Å²) >= 11 is 0. The maximum atomic E-state index is 12.8. The Balaban J connectivity index is 1.68. The molecule has 1 N–H and O–H groups in total. The van der Waals surface area contributed by atoms with E-state index in [9.17, 15) is 9.59 Å². The SMILES string of the molecule is CCN(CC)C(=O)c1ccc(NC(=O)c2ccccc2OCc2noc(C)n2)cc1. The molecule has 0 spiro atoms. The molecule has 0 saturated heterocycles. The first kappa shape index (κ1) is 21.0. The van der Waals surface area contributed by atoms with Crippen LogP contribution in [0.25, 0.3) is 0 Å². The molecule has 0 atom stereocenters. The van der Waals surface area contributed by atoms with E-state index in [4.69, 9.17) is 9.26 Å². The molecule has 0 unspecified atom stereocenters. The molecule has 2 amide bonds. The Labute approximate surface area is 174 Å². The van der Waals surface area contributed by atoms with E-state index in [2.05, 4.69) is 15.5 Å². The molecular weight excluding hydrogens is 384 g/mol. The van der Waals surface area contributed by atoms with Crippen LogP contribution < -0.4 is 10.1 Å². The zero-order chi connectivity index (χ0) is 21.5. The molecule has 8 heteroatoms. The number of carbonyl (C=O) groups is 2. The number of rotatable bonds is 8. The smallest absolute Gasteiger partial charge is 0.259 e. The van der Waals surface area contributed by atoms with E-state index in [-0.39, 0.29) is 18.4 Å². The number of amides is 2. The normalized spacial score (nSPS) is 10.5. The van der Waals surface area contributed by atoms with Crippen LogP contribution in [0.2, 0.25) is 0 Å². The Kier molecular flexibility index (Phi) is 6.79. The van der Waals surface area contributed by atoms with Crippen LogP contribution in [0.3, 0.4) is 0 Å². The third-order valence-corrected chi connectivity index (χ3v) is 4.50. The van der Waals surface area contributed by atoms with Crippen molar-refractivity contribution in [3.05, 3.63) is 71.4 Å². The van der Waals surface area contributed by atoms with Crippen LogP contribution in [0, 0.1) is 6.92 Å². The van der Waals surface area contributed by atoms with E-state index in [1.54, 1.807) is 60.4 Å². The van der Waals surface area contributed by atoms with E-state index in [0.717, 1.165) is 0 Å². The zero-order valence-corrected chi connectivity index (χ0v) is 17.2. The van der Waals surface area contributed by atoms with Crippen molar-refractivity contribution in [1.82, 2.24) is 15.0 Å². The topological polar surface area (TPSA) is 97.6 Å². The van der Waals surface area contributed by atoms with Crippen LogP contribution in [-0.4, -0.2) is 39.9 Å². The van der Waals surface area contributed by atoms with Crippen LogP contribution in [-0.2, 0) is 6.61 Å². The van der Waals surface area contributed by atoms with Gasteiger partial charge in [-0.25, -0.2) is 0 Å². The van der Waals surface area contributed by atoms with Gasteiger partial charge in [0.05, 0.1) is 5.56 Å². The number of hydrogen-bond acceptors (Lipinski definition) is 6. The minimum Gasteiger partial charge on any atom is -0.485 e. The molecule has 0 bridgehead atoms. The summed E-state index contributed by atoms with van der Waals surface area (Å²) in [5, 5.41) is 6.61. The number of anilines is 1. The first-order valence-electron chi connectivity index (χ1n) is 9.73. The van der Waals surface area contributed by atoms with Crippen LogP contribution in [0.1, 0.15) is 46.3 Å². The number of nitrogens with zero attached hydrogens (tertiary/aromatic N) is 3. The highest BCUT2D eigenvalue weighted by atomic mass is 16.5. The Morgan fingerprint density at radius 1 is 1.07 bits per heavy atom. The number of para-hydroxylation sites is 1. The molecule has 1 heterocycles. The van der Waals surface area contributed by atoms with E-state index in [0.29, 0.717) is 47.4 Å². The summed E-state index contributed by atoms with van der Waals surface area (Å²) in [6.07, 6.45) is 0. The number of ether oxygens (including phenoxy) is 1. The first-order chi connectivity index (χ1) is 14.5. The molecule has 8 nitrogen and oxygen atoms in total. The maximum Gasteiger partial charge on any atom is 0.259 e. The highest BCUT2D eigenvalue weighted by Crippen LogP contribution is 2.21. The van der Waals surface area contributed by atoms with Gasteiger partial charge in [-0.2, -0.15) is 4.98 Å². The lowest BCUT2D eigenvalue weighted by Gasteiger charge is -2.18. The summed E-state index contributed by atoms with van der Waals surface area (Å²) in [4.78, 5) is 31.0. The minimum atomic E-state index is -0.322. The average Bonchev–Trinajstić information content (AvgIpc) is 3.19. The molecule has 2 aromatic carbocycles. The van der Waals surface area contributed by atoms with Crippen LogP contribution >= 0.6 is 0 Å². The van der Waals surface area contributed by atoms with Gasteiger partial charge in [-0.15, -0.1) is 0 Å². The predicted molar refractivity (Wildman–Crippen MR) is 111 cm³/mol. The maximum absolute atomic E-state index is 12.8. The molecule has 0 aliphatic rings. The van der Waals surface area contributed by atoms with Gasteiger partial charge in [0.25, 0.3) is 11.8 Å². The van der Waals surface area contributed by atoms with E-state index in [1.807, 2.05) is 13.8 Å². The summed E-state index contributed by atoms with van der Waals surface area (Å²) < 4.78 is 10.6. The van der Waals surface area contributed by atoms with E-state index >= 15 is 0 Å². The fraction of sp³-hybridized carbons (Fsp3) is 0.273. The van der Waals surface area contributed by atoms with Gasteiger partial charge in [0.15, 0.2) is 6.61 Å². The van der Waals surface area contributed by atoms with Gasteiger partial charge in [-0.05, 0) is 50.2 Å². The monoisotopic (exact) mass is 408 g/mol. The standard InChI is InChI=1S/C22H24N4O4/c1-4-26(5-2)22(28)16-10-12-17(13-11-16)24-21(27)18-8-6-7-9-19(18)29-14-20-23-15(3)30-25-20/h6-13H,4-5,14H2,1-3H3,(H,24,27). The lowest BCUT2D eigenvalue weighted by molar-refractivity contribution is 0.0773. The summed E-state index contributed by atoms with van der Waals surface area (Å²) in [5.74, 6) is 0.899. The van der Waals surface area contributed by atoms with E-state index < -0.39 is 0 Å². The molecule has 0 aliphatic heterocycles. The third kappa shape index (κ3) is 5.02. The summed E-state index contributed by atoms with van der Waals surface area (Å²) in [7, 11) is 0. The summed E-state index contributed by atoms with van der Waals surface area (Å²) in [5.41, 5.74) is 1.54.